The zero-order valence-electron chi connectivity index (χ0n) is 19.6. The van der Waals surface area contributed by atoms with Crippen LogP contribution in [0.1, 0.15) is 18.1 Å². The lowest BCUT2D eigenvalue weighted by Gasteiger charge is -2.14. The highest BCUT2D eigenvalue weighted by atomic mass is 32.2. The SMILES string of the molecule is CCOc1cc(/C=C2\SC(=S)N(c3ccc(C)cc3)C2=O)ccc1Oc1ccc([N+](=O)[O-])cc1[N+](=O)[O-]. The summed E-state index contributed by atoms with van der Waals surface area (Å²) >= 11 is 6.61. The maximum absolute atomic E-state index is 13.1. The van der Waals surface area contributed by atoms with Gasteiger partial charge in [0.1, 0.15) is 0 Å². The van der Waals surface area contributed by atoms with Crippen LogP contribution in [0.2, 0.25) is 0 Å². The van der Waals surface area contributed by atoms with Gasteiger partial charge in [0.05, 0.1) is 33.1 Å². The number of amides is 1. The van der Waals surface area contributed by atoms with Crippen molar-refractivity contribution in [2.75, 3.05) is 11.5 Å². The lowest BCUT2D eigenvalue weighted by Crippen LogP contribution is -2.27. The third-order valence-corrected chi connectivity index (χ3v) is 6.52. The van der Waals surface area contributed by atoms with Crippen molar-refractivity contribution >= 4 is 57.3 Å². The van der Waals surface area contributed by atoms with E-state index >= 15 is 0 Å². The number of carbonyl (C=O) groups excluding carboxylic acids is 1. The Labute approximate surface area is 220 Å². The van der Waals surface area contributed by atoms with Gasteiger partial charge in [0, 0.05) is 6.07 Å². The van der Waals surface area contributed by atoms with Gasteiger partial charge < -0.3 is 9.47 Å². The fraction of sp³-hybridized carbons (Fsp3) is 0.120. The van der Waals surface area contributed by atoms with Crippen molar-refractivity contribution in [3.63, 3.8) is 0 Å². The molecule has 0 spiro atoms. The van der Waals surface area contributed by atoms with Crippen molar-refractivity contribution in [1.82, 2.24) is 0 Å². The smallest absolute Gasteiger partial charge is 0.318 e. The number of non-ortho nitro benzene ring substituents is 1. The molecule has 1 fully saturated rings. The Hall–Kier alpha value is -4.29. The normalized spacial score (nSPS) is 14.2. The van der Waals surface area contributed by atoms with Crippen LogP contribution in [0.15, 0.2) is 65.6 Å². The largest absolute Gasteiger partial charge is 0.490 e. The molecule has 1 amide bonds. The molecule has 3 aromatic carbocycles. The number of benzene rings is 3. The van der Waals surface area contributed by atoms with Gasteiger partial charge in [-0.3, -0.25) is 29.9 Å². The molecular weight excluding hydrogens is 518 g/mol. The van der Waals surface area contributed by atoms with E-state index in [1.54, 1.807) is 31.2 Å². The van der Waals surface area contributed by atoms with Gasteiger partial charge in [0.2, 0.25) is 5.75 Å². The van der Waals surface area contributed by atoms with Gasteiger partial charge in [0.15, 0.2) is 15.8 Å². The standard InChI is InChI=1S/C25H19N3O7S2/c1-3-34-22-12-16(13-23-24(29)26(25(36)37-23)17-7-4-15(2)5-8-17)6-10-21(22)35-20-11-9-18(27(30)31)14-19(20)28(32)33/h4-14H,3H2,1-2H3/b23-13-. The van der Waals surface area contributed by atoms with E-state index in [2.05, 4.69) is 0 Å². The Kier molecular flexibility index (Phi) is 7.50. The van der Waals surface area contributed by atoms with Gasteiger partial charge in [0.25, 0.3) is 11.6 Å². The summed E-state index contributed by atoms with van der Waals surface area (Å²) < 4.78 is 11.8. The molecule has 1 aliphatic rings. The molecule has 0 aromatic heterocycles. The number of carbonyl (C=O) groups is 1. The highest BCUT2D eigenvalue weighted by Crippen LogP contribution is 2.40. The van der Waals surface area contributed by atoms with Gasteiger partial charge in [-0.2, -0.15) is 0 Å². The first-order valence-electron chi connectivity index (χ1n) is 10.9. The van der Waals surface area contributed by atoms with Crippen LogP contribution in [0.25, 0.3) is 6.08 Å². The number of aryl methyl sites for hydroxylation is 1. The summed E-state index contributed by atoms with van der Waals surface area (Å²) in [7, 11) is 0. The van der Waals surface area contributed by atoms with E-state index in [1.807, 2.05) is 31.2 Å². The van der Waals surface area contributed by atoms with Crippen molar-refractivity contribution in [3.05, 3.63) is 96.9 Å². The summed E-state index contributed by atoms with van der Waals surface area (Å²) in [5, 5.41) is 22.5. The first-order chi connectivity index (χ1) is 17.7. The highest BCUT2D eigenvalue weighted by Gasteiger charge is 2.33. The van der Waals surface area contributed by atoms with E-state index in [0.717, 1.165) is 23.8 Å². The number of nitro groups is 2. The molecule has 1 saturated heterocycles. The number of nitro benzene ring substituents is 2. The Morgan fingerprint density at radius 3 is 2.32 bits per heavy atom. The van der Waals surface area contributed by atoms with E-state index in [4.69, 9.17) is 21.7 Å². The molecule has 37 heavy (non-hydrogen) atoms. The van der Waals surface area contributed by atoms with Crippen LogP contribution in [-0.2, 0) is 4.79 Å². The second-order valence-corrected chi connectivity index (χ2v) is 9.44. The molecule has 3 aromatic rings. The maximum Gasteiger partial charge on any atom is 0.318 e. The molecule has 188 valence electrons. The fourth-order valence-electron chi connectivity index (χ4n) is 3.47. The molecule has 4 rings (SSSR count). The molecule has 0 bridgehead atoms. The molecule has 0 radical (unpaired) electrons. The zero-order valence-corrected chi connectivity index (χ0v) is 21.2. The molecule has 12 heteroatoms. The van der Waals surface area contributed by atoms with Crippen molar-refractivity contribution in [2.45, 2.75) is 13.8 Å². The van der Waals surface area contributed by atoms with Crippen LogP contribution in [0, 0.1) is 27.2 Å². The van der Waals surface area contributed by atoms with Crippen LogP contribution in [0.4, 0.5) is 17.1 Å². The summed E-state index contributed by atoms with van der Waals surface area (Å²) in [6, 6.07) is 15.4. The number of thiocarbonyl (C=S) groups is 1. The van der Waals surface area contributed by atoms with Gasteiger partial charge in [-0.25, -0.2) is 0 Å². The van der Waals surface area contributed by atoms with Crippen LogP contribution >= 0.6 is 24.0 Å². The van der Waals surface area contributed by atoms with Crippen molar-refractivity contribution in [3.8, 4) is 17.2 Å². The predicted molar refractivity (Wildman–Crippen MR) is 144 cm³/mol. The van der Waals surface area contributed by atoms with Crippen molar-refractivity contribution in [2.24, 2.45) is 0 Å². The van der Waals surface area contributed by atoms with Gasteiger partial charge in [-0.05, 0) is 55.8 Å². The Morgan fingerprint density at radius 1 is 0.973 bits per heavy atom. The number of anilines is 1. The molecule has 1 heterocycles. The molecule has 0 aliphatic carbocycles. The summed E-state index contributed by atoms with van der Waals surface area (Å²) in [5.74, 6) is 0.0167. The van der Waals surface area contributed by atoms with Crippen LogP contribution in [0.5, 0.6) is 17.2 Å². The maximum atomic E-state index is 13.1. The zero-order chi connectivity index (χ0) is 26.7. The first kappa shape index (κ1) is 25.8. The van der Waals surface area contributed by atoms with Crippen molar-refractivity contribution in [1.29, 1.82) is 0 Å². The van der Waals surface area contributed by atoms with E-state index in [-0.39, 0.29) is 29.8 Å². The number of hydrogen-bond donors (Lipinski definition) is 0. The molecule has 0 N–H and O–H groups in total. The minimum Gasteiger partial charge on any atom is -0.490 e. The van der Waals surface area contributed by atoms with E-state index < -0.39 is 21.2 Å². The van der Waals surface area contributed by atoms with Gasteiger partial charge >= 0.3 is 5.69 Å². The summed E-state index contributed by atoms with van der Waals surface area (Å²) in [6.07, 6.45) is 1.67. The number of hydrogen-bond acceptors (Lipinski definition) is 9. The molecular formula is C25H19N3O7S2. The second kappa shape index (κ2) is 10.8. The highest BCUT2D eigenvalue weighted by molar-refractivity contribution is 8.27. The molecule has 0 unspecified atom stereocenters. The molecule has 10 nitrogen and oxygen atoms in total. The quantitative estimate of drug-likeness (QED) is 0.139. The Bertz CT molecular complexity index is 1460. The third kappa shape index (κ3) is 5.60. The van der Waals surface area contributed by atoms with E-state index in [9.17, 15) is 25.0 Å². The third-order valence-electron chi connectivity index (χ3n) is 5.22. The monoisotopic (exact) mass is 537 g/mol. The number of thioether (sulfide) groups is 1. The second-order valence-electron chi connectivity index (χ2n) is 7.76. The first-order valence-corrected chi connectivity index (χ1v) is 12.1. The van der Waals surface area contributed by atoms with Crippen LogP contribution in [0.3, 0.4) is 0 Å². The molecule has 0 atom stereocenters. The number of rotatable bonds is 8. The Morgan fingerprint density at radius 2 is 1.68 bits per heavy atom. The minimum atomic E-state index is -0.757. The predicted octanol–water partition coefficient (Wildman–Crippen LogP) is 6.41. The van der Waals surface area contributed by atoms with Crippen LogP contribution in [-0.4, -0.2) is 26.7 Å². The topological polar surface area (TPSA) is 125 Å². The minimum absolute atomic E-state index is 0.170. The average molecular weight is 538 g/mol. The summed E-state index contributed by atoms with van der Waals surface area (Å²) in [5.41, 5.74) is 1.38. The van der Waals surface area contributed by atoms with Crippen LogP contribution < -0.4 is 14.4 Å². The van der Waals surface area contributed by atoms with Crippen molar-refractivity contribution < 1.29 is 24.1 Å². The van der Waals surface area contributed by atoms with E-state index in [0.29, 0.717) is 20.5 Å². The van der Waals surface area contributed by atoms with Gasteiger partial charge in [-0.15, -0.1) is 0 Å². The Balaban J connectivity index is 1.64. The summed E-state index contributed by atoms with van der Waals surface area (Å²) in [4.78, 5) is 36.0. The van der Waals surface area contributed by atoms with E-state index in [1.165, 1.54) is 16.7 Å². The average Bonchev–Trinajstić information content (AvgIpc) is 3.13. The number of ether oxygens (including phenoxy) is 2. The van der Waals surface area contributed by atoms with Gasteiger partial charge in [-0.1, -0.05) is 47.7 Å². The lowest BCUT2D eigenvalue weighted by molar-refractivity contribution is -0.394. The number of nitrogens with zero attached hydrogens (tertiary/aromatic N) is 3. The lowest BCUT2D eigenvalue weighted by atomic mass is 10.1. The molecule has 0 saturated carbocycles. The molecule has 1 aliphatic heterocycles. The summed E-state index contributed by atoms with van der Waals surface area (Å²) in [6.45, 7) is 3.99. The fourth-order valence-corrected chi connectivity index (χ4v) is 4.77.